The Balaban J connectivity index is 1.64. The van der Waals surface area contributed by atoms with Gasteiger partial charge in [-0.25, -0.2) is 8.42 Å². The van der Waals surface area contributed by atoms with Crippen molar-refractivity contribution in [1.82, 2.24) is 4.31 Å². The average molecular weight is 392 g/mol. The van der Waals surface area contributed by atoms with Crippen LogP contribution in [0.3, 0.4) is 0 Å². The fraction of sp³-hybridized carbons (Fsp3) is 0.471. The Hall–Kier alpha value is -2.30. The third kappa shape index (κ3) is 3.35. The number of nitrogens with zero attached hydrogens (tertiary/aromatic N) is 3. The van der Waals surface area contributed by atoms with E-state index < -0.39 is 14.9 Å². The minimum absolute atomic E-state index is 0.136. The van der Waals surface area contributed by atoms with E-state index in [0.29, 0.717) is 25.0 Å². The van der Waals surface area contributed by atoms with Crippen molar-refractivity contribution in [3.8, 4) is 0 Å². The van der Waals surface area contributed by atoms with Crippen molar-refractivity contribution < 1.29 is 18.1 Å². The number of ether oxygens (including phenoxy) is 1. The zero-order valence-electron chi connectivity index (χ0n) is 14.6. The van der Waals surface area contributed by atoms with Gasteiger partial charge in [0.1, 0.15) is 4.90 Å². The number of nitro benzene ring substituents is 1. The molecular formula is C17H20N4O5S. The third-order valence-corrected chi connectivity index (χ3v) is 7.19. The highest BCUT2D eigenvalue weighted by Gasteiger charge is 2.38. The molecule has 0 radical (unpaired) electrons. The molecule has 1 aromatic rings. The fourth-order valence-electron chi connectivity index (χ4n) is 3.65. The molecule has 3 aliphatic rings. The van der Waals surface area contributed by atoms with Crippen LogP contribution < -0.4 is 5.43 Å². The van der Waals surface area contributed by atoms with Crippen molar-refractivity contribution in [2.24, 2.45) is 16.9 Å². The van der Waals surface area contributed by atoms with Gasteiger partial charge in [-0.1, -0.05) is 12.2 Å². The Morgan fingerprint density at radius 2 is 2.07 bits per heavy atom. The van der Waals surface area contributed by atoms with Crippen LogP contribution in [-0.2, 0) is 14.8 Å². The molecule has 0 spiro atoms. The topological polar surface area (TPSA) is 114 Å². The number of allylic oxidation sites excluding steroid dienone is 2. The molecule has 0 amide bonds. The molecule has 0 bridgehead atoms. The maximum atomic E-state index is 13.0. The fourth-order valence-corrected chi connectivity index (χ4v) is 5.22. The normalized spacial score (nSPS) is 26.6. The van der Waals surface area contributed by atoms with Crippen LogP contribution in [0.25, 0.3) is 0 Å². The number of nitrogens with one attached hydrogen (secondary N) is 1. The van der Waals surface area contributed by atoms with Crippen molar-refractivity contribution in [2.75, 3.05) is 31.7 Å². The first-order valence-electron chi connectivity index (χ1n) is 8.82. The number of benzene rings is 1. The van der Waals surface area contributed by atoms with Gasteiger partial charge in [0.25, 0.3) is 5.69 Å². The van der Waals surface area contributed by atoms with Crippen molar-refractivity contribution >= 4 is 27.1 Å². The lowest BCUT2D eigenvalue weighted by atomic mass is 9.74. The number of morpholine rings is 1. The highest BCUT2D eigenvalue weighted by atomic mass is 32.2. The molecule has 144 valence electrons. The molecule has 1 N–H and O–H groups in total. The average Bonchev–Trinajstić information content (AvgIpc) is 3.03. The lowest BCUT2D eigenvalue weighted by Gasteiger charge is -2.32. The van der Waals surface area contributed by atoms with Gasteiger partial charge in [-0.05, 0) is 24.8 Å². The van der Waals surface area contributed by atoms with Gasteiger partial charge < -0.3 is 4.74 Å². The number of hydrogen-bond acceptors (Lipinski definition) is 7. The molecule has 27 heavy (non-hydrogen) atoms. The van der Waals surface area contributed by atoms with Crippen LogP contribution in [0.15, 0.2) is 40.3 Å². The van der Waals surface area contributed by atoms with Gasteiger partial charge in [0, 0.05) is 36.9 Å². The van der Waals surface area contributed by atoms with Gasteiger partial charge in [0.2, 0.25) is 10.0 Å². The molecule has 9 nitrogen and oxygen atoms in total. The van der Waals surface area contributed by atoms with E-state index in [1.807, 2.05) is 0 Å². The molecular weight excluding hydrogens is 372 g/mol. The van der Waals surface area contributed by atoms with Gasteiger partial charge in [-0.3, -0.25) is 15.5 Å². The second-order valence-corrected chi connectivity index (χ2v) is 8.71. The predicted molar refractivity (Wildman–Crippen MR) is 99.1 cm³/mol. The van der Waals surface area contributed by atoms with Gasteiger partial charge in [0.15, 0.2) is 0 Å². The molecule has 0 aromatic heterocycles. The Bertz CT molecular complexity index is 921. The van der Waals surface area contributed by atoms with Crippen molar-refractivity contribution in [2.45, 2.75) is 17.7 Å². The number of non-ortho nitro benzene ring substituents is 1. The number of anilines is 1. The molecule has 4 rings (SSSR count). The lowest BCUT2D eigenvalue weighted by Crippen LogP contribution is -2.40. The number of sulfonamides is 1. The molecule has 1 saturated carbocycles. The maximum Gasteiger partial charge on any atom is 0.270 e. The van der Waals surface area contributed by atoms with Crippen molar-refractivity contribution in [1.29, 1.82) is 0 Å². The summed E-state index contributed by atoms with van der Waals surface area (Å²) in [6, 6.07) is 3.77. The minimum Gasteiger partial charge on any atom is -0.379 e. The molecule has 2 fully saturated rings. The van der Waals surface area contributed by atoms with Crippen LogP contribution in [0.2, 0.25) is 0 Å². The van der Waals surface area contributed by atoms with E-state index in [-0.39, 0.29) is 29.4 Å². The Kier molecular flexibility index (Phi) is 4.70. The number of nitro groups is 1. The first kappa shape index (κ1) is 18.1. The number of rotatable bonds is 5. The third-order valence-electron chi connectivity index (χ3n) is 5.25. The second kappa shape index (κ2) is 7.02. The SMILES string of the molecule is O=[N+]([O-])c1ccc(N/N=C2/C[C@@H]3C=CC[C@@H]23)c(S(=O)(=O)N2CCOCC2)c1. The minimum atomic E-state index is -3.90. The van der Waals surface area contributed by atoms with Crippen LogP contribution >= 0.6 is 0 Å². The summed E-state index contributed by atoms with van der Waals surface area (Å²) in [6.45, 7) is 1.04. The van der Waals surface area contributed by atoms with Gasteiger partial charge in [-0.15, -0.1) is 0 Å². The summed E-state index contributed by atoms with van der Waals surface area (Å²) in [5.74, 6) is 0.911. The molecule has 0 unspecified atom stereocenters. The molecule has 1 saturated heterocycles. The van der Waals surface area contributed by atoms with Crippen LogP contribution in [0, 0.1) is 22.0 Å². The summed E-state index contributed by atoms with van der Waals surface area (Å²) in [5, 5.41) is 15.5. The zero-order valence-corrected chi connectivity index (χ0v) is 15.4. The van der Waals surface area contributed by atoms with E-state index in [9.17, 15) is 18.5 Å². The smallest absolute Gasteiger partial charge is 0.270 e. The Morgan fingerprint density at radius 1 is 1.30 bits per heavy atom. The van der Waals surface area contributed by atoms with E-state index in [2.05, 4.69) is 22.7 Å². The summed E-state index contributed by atoms with van der Waals surface area (Å²) in [5.41, 5.74) is 3.81. The maximum absolute atomic E-state index is 13.0. The standard InChI is InChI=1S/C17H20N4O5S/c22-21(23)13-4-5-15(18-19-16-10-12-2-1-3-14(12)16)17(11-13)27(24,25)20-6-8-26-9-7-20/h1-2,4-5,11-12,14,18H,3,6-10H2/b19-16-/t12-,14+/m0/s1. The monoisotopic (exact) mass is 392 g/mol. The van der Waals surface area contributed by atoms with E-state index in [1.165, 1.54) is 16.4 Å². The zero-order chi connectivity index (χ0) is 19.0. The van der Waals surface area contributed by atoms with Crippen LogP contribution in [0.4, 0.5) is 11.4 Å². The summed E-state index contributed by atoms with van der Waals surface area (Å²) in [6.07, 6.45) is 6.12. The molecule has 10 heteroatoms. The largest absolute Gasteiger partial charge is 0.379 e. The highest BCUT2D eigenvalue weighted by molar-refractivity contribution is 7.89. The summed E-state index contributed by atoms with van der Waals surface area (Å²) >= 11 is 0. The summed E-state index contributed by atoms with van der Waals surface area (Å²) in [4.78, 5) is 10.4. The first-order valence-corrected chi connectivity index (χ1v) is 10.3. The number of hydrogen-bond donors (Lipinski definition) is 1. The van der Waals surface area contributed by atoms with Crippen molar-refractivity contribution in [3.05, 3.63) is 40.5 Å². The molecule has 2 atom stereocenters. The van der Waals surface area contributed by atoms with Crippen molar-refractivity contribution in [3.63, 3.8) is 0 Å². The first-order chi connectivity index (χ1) is 13.0. The lowest BCUT2D eigenvalue weighted by molar-refractivity contribution is -0.385. The van der Waals surface area contributed by atoms with Crippen LogP contribution in [-0.4, -0.2) is 49.7 Å². The predicted octanol–water partition coefficient (Wildman–Crippen LogP) is 1.98. The Labute approximate surface area is 156 Å². The van der Waals surface area contributed by atoms with E-state index in [4.69, 9.17) is 4.74 Å². The van der Waals surface area contributed by atoms with Gasteiger partial charge in [0.05, 0.1) is 23.8 Å². The van der Waals surface area contributed by atoms with Crippen LogP contribution in [0.1, 0.15) is 12.8 Å². The Morgan fingerprint density at radius 3 is 2.78 bits per heavy atom. The van der Waals surface area contributed by atoms with Crippen LogP contribution in [0.5, 0.6) is 0 Å². The highest BCUT2D eigenvalue weighted by Crippen LogP contribution is 2.40. The molecule has 1 heterocycles. The molecule has 1 aliphatic heterocycles. The summed E-state index contributed by atoms with van der Waals surface area (Å²) < 4.78 is 32.6. The molecule has 2 aliphatic carbocycles. The van der Waals surface area contributed by atoms with Gasteiger partial charge >= 0.3 is 0 Å². The van der Waals surface area contributed by atoms with E-state index >= 15 is 0 Å². The second-order valence-electron chi connectivity index (χ2n) is 6.81. The summed E-state index contributed by atoms with van der Waals surface area (Å²) in [7, 11) is -3.90. The van der Waals surface area contributed by atoms with Gasteiger partial charge in [-0.2, -0.15) is 9.41 Å². The number of fused-ring (bicyclic) bond motifs is 1. The molecule has 1 aromatic carbocycles. The number of hydrazone groups is 1. The van der Waals surface area contributed by atoms with E-state index in [0.717, 1.165) is 24.6 Å². The van der Waals surface area contributed by atoms with E-state index in [1.54, 1.807) is 0 Å². The quantitative estimate of drug-likeness (QED) is 0.466.